The lowest BCUT2D eigenvalue weighted by Gasteiger charge is -2.30. The number of nitrogens with zero attached hydrogens (tertiary/aromatic N) is 1. The molecule has 2 amide bonds. The Hall–Kier alpha value is -3.06. The van der Waals surface area contributed by atoms with Crippen LogP contribution in [0.15, 0.2) is 59.5 Å². The summed E-state index contributed by atoms with van der Waals surface area (Å²) in [5.41, 5.74) is 1.99. The summed E-state index contributed by atoms with van der Waals surface area (Å²) >= 11 is 1.64. The molecule has 7 heteroatoms. The fraction of sp³-hybridized carbons (Fsp3) is 0.190. The lowest BCUT2D eigenvalue weighted by atomic mass is 10.1. The Bertz CT molecular complexity index is 924. The van der Waals surface area contributed by atoms with Gasteiger partial charge in [-0.05, 0) is 49.1 Å². The maximum atomic E-state index is 12.7. The summed E-state index contributed by atoms with van der Waals surface area (Å²) in [6.45, 7) is 1.38. The van der Waals surface area contributed by atoms with Crippen molar-refractivity contribution < 1.29 is 19.1 Å². The van der Waals surface area contributed by atoms with Gasteiger partial charge in [0.1, 0.15) is 6.54 Å². The van der Waals surface area contributed by atoms with E-state index in [0.29, 0.717) is 11.4 Å². The van der Waals surface area contributed by atoms with E-state index < -0.39 is 18.0 Å². The number of amides is 2. The zero-order chi connectivity index (χ0) is 20.1. The number of esters is 1. The van der Waals surface area contributed by atoms with Gasteiger partial charge in [-0.15, -0.1) is 11.8 Å². The number of anilines is 2. The summed E-state index contributed by atoms with van der Waals surface area (Å²) in [5, 5.41) is 2.72. The molecule has 1 N–H and O–H groups in total. The molecule has 2 aromatic carbocycles. The fourth-order valence-corrected chi connectivity index (χ4v) is 3.20. The number of benzene rings is 2. The lowest BCUT2D eigenvalue weighted by Crippen LogP contribution is -2.46. The molecule has 0 bridgehead atoms. The number of rotatable bonds is 5. The van der Waals surface area contributed by atoms with Gasteiger partial charge >= 0.3 is 5.97 Å². The highest BCUT2D eigenvalue weighted by Gasteiger charge is 2.30. The average Bonchev–Trinajstić information content (AvgIpc) is 2.71. The molecule has 0 spiro atoms. The Morgan fingerprint density at radius 2 is 1.89 bits per heavy atom. The van der Waals surface area contributed by atoms with Gasteiger partial charge in [-0.25, -0.2) is 4.79 Å². The Kier molecular flexibility index (Phi) is 6.16. The van der Waals surface area contributed by atoms with Crippen LogP contribution in [0.2, 0.25) is 0 Å². The minimum Gasteiger partial charge on any atom is -0.449 e. The van der Waals surface area contributed by atoms with E-state index in [-0.39, 0.29) is 12.5 Å². The Morgan fingerprint density at radius 1 is 1.18 bits per heavy atom. The second kappa shape index (κ2) is 8.75. The van der Waals surface area contributed by atoms with Gasteiger partial charge in [-0.1, -0.05) is 24.3 Å². The van der Waals surface area contributed by atoms with Crippen molar-refractivity contribution in [3.63, 3.8) is 0 Å². The van der Waals surface area contributed by atoms with E-state index in [1.54, 1.807) is 42.1 Å². The van der Waals surface area contributed by atoms with Crippen LogP contribution >= 0.6 is 11.8 Å². The predicted molar refractivity (Wildman–Crippen MR) is 110 cm³/mol. The van der Waals surface area contributed by atoms with Crippen LogP contribution in [0.4, 0.5) is 11.4 Å². The first-order chi connectivity index (χ1) is 13.5. The second-order valence-electron chi connectivity index (χ2n) is 6.18. The minimum absolute atomic E-state index is 0.116. The molecule has 1 aliphatic heterocycles. The third-order valence-electron chi connectivity index (χ3n) is 4.21. The second-order valence-corrected chi connectivity index (χ2v) is 7.05. The molecule has 0 saturated heterocycles. The quantitative estimate of drug-likeness (QED) is 0.477. The molecule has 0 aliphatic carbocycles. The standard InChI is InChI=1S/C21H20N2O4S/c1-14(27-20(25)12-9-15-7-10-16(28-2)11-8-15)21(26)23-13-19(24)22-17-5-3-4-6-18(17)23/h3-12,14H,13H2,1-2H3,(H,22,24)/b12-9+/t14-/m1/s1. The Morgan fingerprint density at radius 3 is 2.61 bits per heavy atom. The highest BCUT2D eigenvalue weighted by molar-refractivity contribution is 7.98. The SMILES string of the molecule is CSc1ccc(/C=C/C(=O)O[C@H](C)C(=O)N2CC(=O)Nc3ccccc32)cc1. The maximum Gasteiger partial charge on any atom is 0.331 e. The van der Waals surface area contributed by atoms with Gasteiger partial charge in [-0.3, -0.25) is 14.5 Å². The maximum absolute atomic E-state index is 12.7. The summed E-state index contributed by atoms with van der Waals surface area (Å²) in [5.74, 6) is -1.36. The highest BCUT2D eigenvalue weighted by atomic mass is 32.2. The summed E-state index contributed by atoms with van der Waals surface area (Å²) in [6, 6.07) is 14.7. The monoisotopic (exact) mass is 396 g/mol. The van der Waals surface area contributed by atoms with Crippen molar-refractivity contribution >= 4 is 47.0 Å². The Labute approximate surface area is 167 Å². The molecule has 1 atom stereocenters. The van der Waals surface area contributed by atoms with Gasteiger partial charge < -0.3 is 10.1 Å². The van der Waals surface area contributed by atoms with Crippen molar-refractivity contribution in [1.82, 2.24) is 0 Å². The third-order valence-corrected chi connectivity index (χ3v) is 4.95. The van der Waals surface area contributed by atoms with Gasteiger partial charge in [0.2, 0.25) is 5.91 Å². The molecule has 1 heterocycles. The van der Waals surface area contributed by atoms with E-state index >= 15 is 0 Å². The van der Waals surface area contributed by atoms with Crippen molar-refractivity contribution in [2.24, 2.45) is 0 Å². The van der Waals surface area contributed by atoms with Gasteiger partial charge in [-0.2, -0.15) is 0 Å². The van der Waals surface area contributed by atoms with Gasteiger partial charge in [0.15, 0.2) is 6.10 Å². The molecule has 0 aromatic heterocycles. The first kappa shape index (κ1) is 19.7. The van der Waals surface area contributed by atoms with Crippen LogP contribution in [0.3, 0.4) is 0 Å². The first-order valence-electron chi connectivity index (χ1n) is 8.71. The summed E-state index contributed by atoms with van der Waals surface area (Å²) in [7, 11) is 0. The number of thioether (sulfide) groups is 1. The number of hydrogen-bond acceptors (Lipinski definition) is 5. The van der Waals surface area contributed by atoms with Crippen LogP contribution in [-0.4, -0.2) is 36.7 Å². The molecule has 0 radical (unpaired) electrons. The van der Waals surface area contributed by atoms with Crippen LogP contribution in [0.25, 0.3) is 6.08 Å². The zero-order valence-electron chi connectivity index (χ0n) is 15.5. The van der Waals surface area contributed by atoms with Crippen molar-refractivity contribution in [2.75, 3.05) is 23.0 Å². The largest absolute Gasteiger partial charge is 0.449 e. The number of para-hydroxylation sites is 2. The molecular formula is C21H20N2O4S. The van der Waals surface area contributed by atoms with Crippen molar-refractivity contribution in [1.29, 1.82) is 0 Å². The van der Waals surface area contributed by atoms with Crippen LogP contribution in [-0.2, 0) is 19.1 Å². The normalized spacial score (nSPS) is 14.4. The van der Waals surface area contributed by atoms with Crippen LogP contribution in [0.5, 0.6) is 0 Å². The number of hydrogen-bond donors (Lipinski definition) is 1. The fourth-order valence-electron chi connectivity index (χ4n) is 2.79. The molecule has 3 rings (SSSR count). The molecule has 144 valence electrons. The molecule has 28 heavy (non-hydrogen) atoms. The molecule has 2 aromatic rings. The predicted octanol–water partition coefficient (Wildman–Crippen LogP) is 3.34. The topological polar surface area (TPSA) is 75.7 Å². The lowest BCUT2D eigenvalue weighted by molar-refractivity contribution is -0.149. The van der Waals surface area contributed by atoms with Gasteiger partial charge in [0, 0.05) is 11.0 Å². The van der Waals surface area contributed by atoms with Gasteiger partial charge in [0.25, 0.3) is 5.91 Å². The van der Waals surface area contributed by atoms with Crippen molar-refractivity contribution in [3.05, 3.63) is 60.2 Å². The minimum atomic E-state index is -1.02. The summed E-state index contributed by atoms with van der Waals surface area (Å²) in [4.78, 5) is 39.1. The molecule has 0 saturated carbocycles. The van der Waals surface area contributed by atoms with Crippen LogP contribution in [0, 0.1) is 0 Å². The summed E-state index contributed by atoms with van der Waals surface area (Å²) < 4.78 is 5.23. The van der Waals surface area contributed by atoms with E-state index in [9.17, 15) is 14.4 Å². The third kappa shape index (κ3) is 4.61. The molecule has 1 aliphatic rings. The molecule has 0 fully saturated rings. The van der Waals surface area contributed by atoms with E-state index in [2.05, 4.69) is 5.32 Å². The van der Waals surface area contributed by atoms with Crippen molar-refractivity contribution in [3.8, 4) is 0 Å². The van der Waals surface area contributed by atoms with Gasteiger partial charge in [0.05, 0.1) is 11.4 Å². The zero-order valence-corrected chi connectivity index (χ0v) is 16.4. The van der Waals surface area contributed by atoms with E-state index in [0.717, 1.165) is 10.5 Å². The summed E-state index contributed by atoms with van der Waals surface area (Å²) in [6.07, 6.45) is 3.89. The molecular weight excluding hydrogens is 376 g/mol. The average molecular weight is 396 g/mol. The number of nitrogens with one attached hydrogen (secondary N) is 1. The van der Waals surface area contributed by atoms with Crippen molar-refractivity contribution in [2.45, 2.75) is 17.9 Å². The molecule has 0 unspecified atom stereocenters. The van der Waals surface area contributed by atoms with E-state index in [1.165, 1.54) is 17.9 Å². The smallest absolute Gasteiger partial charge is 0.331 e. The van der Waals surface area contributed by atoms with E-state index in [4.69, 9.17) is 4.74 Å². The number of carbonyl (C=O) groups excluding carboxylic acids is 3. The highest BCUT2D eigenvalue weighted by Crippen LogP contribution is 2.29. The number of ether oxygens (including phenoxy) is 1. The number of fused-ring (bicyclic) bond motifs is 1. The molecule has 6 nitrogen and oxygen atoms in total. The van der Waals surface area contributed by atoms with E-state index in [1.807, 2.05) is 30.5 Å². The number of carbonyl (C=O) groups is 3. The van der Waals surface area contributed by atoms with Crippen LogP contribution < -0.4 is 10.2 Å². The van der Waals surface area contributed by atoms with Crippen LogP contribution in [0.1, 0.15) is 12.5 Å². The first-order valence-corrected chi connectivity index (χ1v) is 9.93. The Balaban J connectivity index is 1.64.